The Hall–Kier alpha value is -0.340. The maximum Gasteiger partial charge on any atom is 0.0284 e. The van der Waals surface area contributed by atoms with Crippen LogP contribution in [-0.4, -0.2) is 35.6 Å². The molecule has 24 heavy (non-hydrogen) atoms. The van der Waals surface area contributed by atoms with Gasteiger partial charge in [0, 0.05) is 24.2 Å². The molecule has 2 heteroatoms. The van der Waals surface area contributed by atoms with Gasteiger partial charge in [-0.15, -0.1) is 0 Å². The molecule has 0 saturated carbocycles. The lowest BCUT2D eigenvalue weighted by Gasteiger charge is -2.51. The topological polar surface area (TPSA) is 15.3 Å². The third-order valence-corrected chi connectivity index (χ3v) is 7.45. The Labute approximate surface area is 149 Å². The molecule has 0 amide bonds. The van der Waals surface area contributed by atoms with Crippen molar-refractivity contribution in [3.63, 3.8) is 0 Å². The number of hydrogen-bond donors (Lipinski definition) is 1. The lowest BCUT2D eigenvalue weighted by atomic mass is 9.74. The van der Waals surface area contributed by atoms with Gasteiger partial charge in [-0.1, -0.05) is 31.4 Å². The van der Waals surface area contributed by atoms with Crippen LogP contribution in [0.3, 0.4) is 0 Å². The number of nitrogens with one attached hydrogen (secondary N) is 1. The molecule has 0 bridgehead atoms. The molecule has 136 valence electrons. The Balaban J connectivity index is 1.53. The molecule has 4 rings (SSSR count). The van der Waals surface area contributed by atoms with Crippen LogP contribution in [0.4, 0.5) is 0 Å². The summed E-state index contributed by atoms with van der Waals surface area (Å²) in [6.45, 7) is 8.69. The summed E-state index contributed by atoms with van der Waals surface area (Å²) in [5, 5.41) is 3.82. The summed E-state index contributed by atoms with van der Waals surface area (Å²) in [5.41, 5.74) is 3.70. The minimum atomic E-state index is 0.718. The molecular weight excluding hydrogens is 292 g/mol. The first-order chi connectivity index (χ1) is 11.6. The third-order valence-electron chi connectivity index (χ3n) is 7.45. The van der Waals surface area contributed by atoms with Crippen molar-refractivity contribution < 1.29 is 0 Å². The summed E-state index contributed by atoms with van der Waals surface area (Å²) >= 11 is 0. The molecule has 0 unspecified atom stereocenters. The molecule has 0 spiro atoms. The van der Waals surface area contributed by atoms with Crippen LogP contribution >= 0.6 is 0 Å². The highest BCUT2D eigenvalue weighted by Crippen LogP contribution is 2.41. The molecule has 3 saturated heterocycles. The number of fused-ring (bicyclic) bond motifs is 2. The highest BCUT2D eigenvalue weighted by atomic mass is 15.2. The Kier molecular flexibility index (Phi) is 5.07. The number of nitrogens with zero attached hydrogens (tertiary/aromatic N) is 1. The van der Waals surface area contributed by atoms with Crippen LogP contribution in [0.25, 0.3) is 0 Å². The second-order valence-electron chi connectivity index (χ2n) is 9.60. The van der Waals surface area contributed by atoms with E-state index in [1.807, 2.05) is 11.1 Å². The van der Waals surface area contributed by atoms with E-state index in [-0.39, 0.29) is 0 Å². The SMILES string of the molecule is C[C@H]1CC(C[C@@H]2CCC[C@H]3C[C@H](C)C[C@H](C)N23)=C2CCCN[C@H]2C1. The van der Waals surface area contributed by atoms with E-state index in [0.717, 1.165) is 36.0 Å². The fraction of sp³-hybridized carbons (Fsp3) is 0.909. The van der Waals surface area contributed by atoms with Crippen molar-refractivity contribution in [3.05, 3.63) is 11.1 Å². The largest absolute Gasteiger partial charge is 0.310 e. The van der Waals surface area contributed by atoms with Gasteiger partial charge in [-0.05, 0) is 83.1 Å². The molecule has 0 radical (unpaired) electrons. The summed E-state index contributed by atoms with van der Waals surface area (Å²) in [6, 6.07) is 3.24. The monoisotopic (exact) mass is 330 g/mol. The second kappa shape index (κ2) is 7.11. The van der Waals surface area contributed by atoms with Gasteiger partial charge in [-0.3, -0.25) is 4.90 Å². The van der Waals surface area contributed by atoms with Crippen molar-refractivity contribution in [3.8, 4) is 0 Å². The van der Waals surface area contributed by atoms with Gasteiger partial charge in [0.25, 0.3) is 0 Å². The zero-order chi connectivity index (χ0) is 16.7. The Bertz CT molecular complexity index is 482. The van der Waals surface area contributed by atoms with Crippen LogP contribution in [0.5, 0.6) is 0 Å². The normalized spacial score (nSPS) is 44.1. The van der Waals surface area contributed by atoms with Crippen molar-refractivity contribution in [1.29, 1.82) is 0 Å². The highest BCUT2D eigenvalue weighted by molar-refractivity contribution is 5.26. The predicted molar refractivity (Wildman–Crippen MR) is 102 cm³/mol. The van der Waals surface area contributed by atoms with Crippen molar-refractivity contribution in [2.45, 2.75) is 109 Å². The summed E-state index contributed by atoms with van der Waals surface area (Å²) < 4.78 is 0. The number of hydrogen-bond acceptors (Lipinski definition) is 2. The molecule has 0 aromatic heterocycles. The quantitative estimate of drug-likeness (QED) is 0.725. The minimum Gasteiger partial charge on any atom is -0.310 e. The predicted octanol–water partition coefficient (Wildman–Crippen LogP) is 4.90. The molecular formula is C22H38N2. The first-order valence-electron chi connectivity index (χ1n) is 10.8. The fourth-order valence-electron chi connectivity index (χ4n) is 6.65. The first kappa shape index (κ1) is 17.1. The van der Waals surface area contributed by atoms with Crippen LogP contribution in [0.2, 0.25) is 0 Å². The summed E-state index contributed by atoms with van der Waals surface area (Å²) in [7, 11) is 0. The van der Waals surface area contributed by atoms with E-state index in [4.69, 9.17) is 0 Å². The van der Waals surface area contributed by atoms with Gasteiger partial charge in [0.15, 0.2) is 0 Å². The van der Waals surface area contributed by atoms with Crippen LogP contribution in [0, 0.1) is 11.8 Å². The summed E-state index contributed by atoms with van der Waals surface area (Å²) in [6.07, 6.45) is 14.1. The van der Waals surface area contributed by atoms with Crippen molar-refractivity contribution in [1.82, 2.24) is 10.2 Å². The molecule has 6 atom stereocenters. The van der Waals surface area contributed by atoms with Crippen molar-refractivity contribution in [2.75, 3.05) is 6.54 Å². The Morgan fingerprint density at radius 1 is 1.00 bits per heavy atom. The number of rotatable bonds is 2. The van der Waals surface area contributed by atoms with Crippen molar-refractivity contribution in [2.24, 2.45) is 11.8 Å². The van der Waals surface area contributed by atoms with E-state index in [1.54, 1.807) is 0 Å². The van der Waals surface area contributed by atoms with E-state index in [1.165, 1.54) is 70.8 Å². The van der Waals surface area contributed by atoms with E-state index in [9.17, 15) is 0 Å². The van der Waals surface area contributed by atoms with Crippen LogP contribution in [0.1, 0.15) is 85.0 Å². The maximum absolute atomic E-state index is 3.82. The smallest absolute Gasteiger partial charge is 0.0284 e. The molecule has 3 fully saturated rings. The first-order valence-corrected chi connectivity index (χ1v) is 10.8. The standard InChI is InChI=1S/C22H38N2/c1-15-10-17(3)24-19(12-15)6-4-7-20(24)14-18-11-16(2)13-22-21(18)8-5-9-23-22/h15-17,19-20,22-23H,4-14H2,1-3H3/t15-,16+,17+,19+,20+,22+/m1/s1. The van der Waals surface area contributed by atoms with Gasteiger partial charge in [-0.2, -0.15) is 0 Å². The number of piperidine rings is 3. The maximum atomic E-state index is 3.82. The van der Waals surface area contributed by atoms with Gasteiger partial charge in [0.2, 0.25) is 0 Å². The average Bonchev–Trinajstić information content (AvgIpc) is 2.54. The van der Waals surface area contributed by atoms with E-state index in [0.29, 0.717) is 0 Å². The molecule has 1 N–H and O–H groups in total. The van der Waals surface area contributed by atoms with E-state index >= 15 is 0 Å². The minimum absolute atomic E-state index is 0.718. The summed E-state index contributed by atoms with van der Waals surface area (Å²) in [5.74, 6) is 1.81. The second-order valence-corrected chi connectivity index (χ2v) is 9.60. The third kappa shape index (κ3) is 3.33. The molecule has 1 aliphatic carbocycles. The van der Waals surface area contributed by atoms with Gasteiger partial charge in [-0.25, -0.2) is 0 Å². The highest BCUT2D eigenvalue weighted by Gasteiger charge is 2.39. The zero-order valence-electron chi connectivity index (χ0n) is 16.2. The summed E-state index contributed by atoms with van der Waals surface area (Å²) in [4.78, 5) is 2.97. The molecule has 3 heterocycles. The lowest BCUT2D eigenvalue weighted by Crippen LogP contribution is -2.55. The van der Waals surface area contributed by atoms with Crippen LogP contribution < -0.4 is 5.32 Å². The molecule has 0 aromatic rings. The lowest BCUT2D eigenvalue weighted by molar-refractivity contribution is -0.00705. The average molecular weight is 331 g/mol. The van der Waals surface area contributed by atoms with E-state index < -0.39 is 0 Å². The van der Waals surface area contributed by atoms with Crippen molar-refractivity contribution >= 4 is 0 Å². The Morgan fingerprint density at radius 2 is 1.88 bits per heavy atom. The van der Waals surface area contributed by atoms with Crippen LogP contribution in [-0.2, 0) is 0 Å². The van der Waals surface area contributed by atoms with Crippen LogP contribution in [0.15, 0.2) is 11.1 Å². The zero-order valence-corrected chi connectivity index (χ0v) is 16.2. The molecule has 2 nitrogen and oxygen atoms in total. The molecule has 0 aromatic carbocycles. The Morgan fingerprint density at radius 3 is 2.75 bits per heavy atom. The molecule has 3 aliphatic heterocycles. The molecule has 4 aliphatic rings. The fourth-order valence-corrected chi connectivity index (χ4v) is 6.65. The van der Waals surface area contributed by atoms with Gasteiger partial charge >= 0.3 is 0 Å². The van der Waals surface area contributed by atoms with Gasteiger partial charge in [0.05, 0.1) is 0 Å². The van der Waals surface area contributed by atoms with Gasteiger partial charge < -0.3 is 5.32 Å². The van der Waals surface area contributed by atoms with E-state index in [2.05, 4.69) is 31.0 Å². The van der Waals surface area contributed by atoms with Gasteiger partial charge in [0.1, 0.15) is 0 Å².